The van der Waals surface area contributed by atoms with Crippen molar-refractivity contribution in [2.24, 2.45) is 5.90 Å². The van der Waals surface area contributed by atoms with E-state index in [0.717, 1.165) is 10.0 Å². The molecule has 0 heterocycles. The lowest BCUT2D eigenvalue weighted by atomic mass is 9.98. The molecule has 20 heavy (non-hydrogen) atoms. The summed E-state index contributed by atoms with van der Waals surface area (Å²) in [7, 11) is 0. The van der Waals surface area contributed by atoms with Gasteiger partial charge in [-0.05, 0) is 68.2 Å². The average Bonchev–Trinajstić information content (AvgIpc) is 2.29. The van der Waals surface area contributed by atoms with Crippen LogP contribution in [0.15, 0.2) is 22.7 Å². The van der Waals surface area contributed by atoms with Crippen molar-refractivity contribution in [3.63, 3.8) is 0 Å². The van der Waals surface area contributed by atoms with Crippen LogP contribution in [0.4, 0.5) is 10.5 Å². The molecule has 0 aliphatic heterocycles. The predicted molar refractivity (Wildman–Crippen MR) is 82.3 cm³/mol. The van der Waals surface area contributed by atoms with Gasteiger partial charge >= 0.3 is 6.09 Å². The highest BCUT2D eigenvalue weighted by atomic mass is 79.9. The summed E-state index contributed by atoms with van der Waals surface area (Å²) < 4.78 is 5.97. The summed E-state index contributed by atoms with van der Waals surface area (Å²) in [6.45, 7) is 9.11. The van der Waals surface area contributed by atoms with Crippen LogP contribution in [0.3, 0.4) is 0 Å². The fourth-order valence-corrected chi connectivity index (χ4v) is 1.82. The quantitative estimate of drug-likeness (QED) is 0.815. The number of carbonyl (C=O) groups excluding carboxylic acids is 1. The van der Waals surface area contributed by atoms with Crippen molar-refractivity contribution in [1.82, 2.24) is 0 Å². The van der Waals surface area contributed by atoms with Gasteiger partial charge in [-0.3, -0.25) is 10.2 Å². The van der Waals surface area contributed by atoms with Crippen molar-refractivity contribution in [3.05, 3.63) is 28.2 Å². The SMILES string of the molecule is CC(C)(C)OC(=O)Nc1cc(C(C)(C)ON)ccc1Br. The molecule has 0 aromatic heterocycles. The number of halogens is 1. The molecule has 0 saturated heterocycles. The minimum Gasteiger partial charge on any atom is -0.444 e. The largest absolute Gasteiger partial charge is 0.444 e. The standard InChI is InChI=1S/C14H21BrN2O3/c1-13(2,3)19-12(18)17-11-8-9(6-7-10(11)15)14(4,5)20-16/h6-8H,16H2,1-5H3,(H,17,18). The molecule has 0 radical (unpaired) electrons. The van der Waals surface area contributed by atoms with Crippen LogP contribution in [0.25, 0.3) is 0 Å². The van der Waals surface area contributed by atoms with Gasteiger partial charge in [0.05, 0.1) is 5.69 Å². The lowest BCUT2D eigenvalue weighted by Crippen LogP contribution is -2.28. The van der Waals surface area contributed by atoms with Crippen LogP contribution in [0, 0.1) is 0 Å². The molecule has 3 N–H and O–H groups in total. The van der Waals surface area contributed by atoms with Crippen LogP contribution in [-0.2, 0) is 15.2 Å². The van der Waals surface area contributed by atoms with Crippen molar-refractivity contribution in [3.8, 4) is 0 Å². The first kappa shape index (κ1) is 16.9. The van der Waals surface area contributed by atoms with Crippen LogP contribution < -0.4 is 11.2 Å². The van der Waals surface area contributed by atoms with Crippen LogP contribution >= 0.6 is 15.9 Å². The molecule has 0 atom stereocenters. The van der Waals surface area contributed by atoms with Gasteiger partial charge in [0.1, 0.15) is 11.2 Å². The fraction of sp³-hybridized carbons (Fsp3) is 0.500. The maximum absolute atomic E-state index is 11.8. The molecule has 1 aromatic carbocycles. The van der Waals surface area contributed by atoms with E-state index >= 15 is 0 Å². The van der Waals surface area contributed by atoms with Crippen molar-refractivity contribution < 1.29 is 14.4 Å². The zero-order valence-corrected chi connectivity index (χ0v) is 14.0. The van der Waals surface area contributed by atoms with E-state index in [9.17, 15) is 4.79 Å². The van der Waals surface area contributed by atoms with Crippen molar-refractivity contribution in [2.75, 3.05) is 5.32 Å². The van der Waals surface area contributed by atoms with Crippen LogP contribution in [0.2, 0.25) is 0 Å². The van der Waals surface area contributed by atoms with E-state index in [-0.39, 0.29) is 0 Å². The summed E-state index contributed by atoms with van der Waals surface area (Å²) >= 11 is 3.38. The molecule has 1 rings (SSSR count). The highest BCUT2D eigenvalue weighted by Crippen LogP contribution is 2.30. The summed E-state index contributed by atoms with van der Waals surface area (Å²) in [6.07, 6.45) is -0.512. The number of ether oxygens (including phenoxy) is 1. The maximum Gasteiger partial charge on any atom is 0.412 e. The number of amides is 1. The molecule has 5 nitrogen and oxygen atoms in total. The third-order valence-corrected chi connectivity index (χ3v) is 3.28. The maximum atomic E-state index is 11.8. The Hall–Kier alpha value is -1.11. The first-order chi connectivity index (χ1) is 9.05. The van der Waals surface area contributed by atoms with Crippen LogP contribution in [-0.4, -0.2) is 11.7 Å². The van der Waals surface area contributed by atoms with E-state index in [1.165, 1.54) is 0 Å². The Kier molecular flexibility index (Phi) is 5.18. The summed E-state index contributed by atoms with van der Waals surface area (Å²) in [6, 6.07) is 5.49. The Morgan fingerprint density at radius 1 is 1.25 bits per heavy atom. The number of hydrogen-bond acceptors (Lipinski definition) is 4. The zero-order valence-electron chi connectivity index (χ0n) is 12.4. The minimum atomic E-state index is -0.648. The molecule has 0 unspecified atom stereocenters. The Labute approximate surface area is 127 Å². The number of nitrogens with one attached hydrogen (secondary N) is 1. The molecule has 1 aromatic rings. The van der Waals surface area contributed by atoms with Crippen LogP contribution in [0.1, 0.15) is 40.2 Å². The van der Waals surface area contributed by atoms with E-state index in [1.54, 1.807) is 6.07 Å². The molecule has 0 aliphatic rings. The monoisotopic (exact) mass is 344 g/mol. The van der Waals surface area contributed by atoms with Gasteiger partial charge in [0.25, 0.3) is 0 Å². The lowest BCUT2D eigenvalue weighted by Gasteiger charge is -2.24. The molecule has 0 bridgehead atoms. The summed E-state index contributed by atoms with van der Waals surface area (Å²) in [5, 5.41) is 2.70. The van der Waals surface area contributed by atoms with E-state index in [4.69, 9.17) is 15.5 Å². The molecule has 0 fully saturated rings. The Balaban J connectivity index is 2.96. The highest BCUT2D eigenvalue weighted by molar-refractivity contribution is 9.10. The summed E-state index contributed by atoms with van der Waals surface area (Å²) in [5.41, 5.74) is 0.245. The normalized spacial score (nSPS) is 12.2. The first-order valence-electron chi connectivity index (χ1n) is 6.23. The third-order valence-electron chi connectivity index (χ3n) is 2.59. The number of benzene rings is 1. The molecular weight excluding hydrogens is 324 g/mol. The van der Waals surface area contributed by atoms with Gasteiger partial charge in [-0.2, -0.15) is 0 Å². The number of anilines is 1. The number of hydrogen-bond donors (Lipinski definition) is 2. The molecule has 112 valence electrons. The van der Waals surface area contributed by atoms with E-state index in [1.807, 2.05) is 46.8 Å². The molecular formula is C14H21BrN2O3. The molecule has 0 spiro atoms. The topological polar surface area (TPSA) is 73.6 Å². The highest BCUT2D eigenvalue weighted by Gasteiger charge is 2.22. The van der Waals surface area contributed by atoms with Gasteiger partial charge in [-0.25, -0.2) is 10.7 Å². The molecule has 0 saturated carbocycles. The van der Waals surface area contributed by atoms with E-state index < -0.39 is 17.3 Å². The Morgan fingerprint density at radius 3 is 2.35 bits per heavy atom. The van der Waals surface area contributed by atoms with Crippen molar-refractivity contribution in [1.29, 1.82) is 0 Å². The smallest absolute Gasteiger partial charge is 0.412 e. The minimum absolute atomic E-state index is 0.512. The lowest BCUT2D eigenvalue weighted by molar-refractivity contribution is -0.0236. The van der Waals surface area contributed by atoms with E-state index in [2.05, 4.69) is 21.2 Å². The van der Waals surface area contributed by atoms with Gasteiger partial charge in [-0.1, -0.05) is 6.07 Å². The average molecular weight is 345 g/mol. The first-order valence-corrected chi connectivity index (χ1v) is 7.02. The number of carbonyl (C=O) groups is 1. The van der Waals surface area contributed by atoms with Crippen LogP contribution in [0.5, 0.6) is 0 Å². The van der Waals surface area contributed by atoms with Crippen molar-refractivity contribution in [2.45, 2.75) is 45.8 Å². The predicted octanol–water partition coefficient (Wildman–Crippen LogP) is 3.92. The second-order valence-corrected chi connectivity index (χ2v) is 6.80. The van der Waals surface area contributed by atoms with E-state index in [0.29, 0.717) is 5.69 Å². The second-order valence-electron chi connectivity index (χ2n) is 5.95. The third kappa shape index (κ3) is 4.77. The molecule has 1 amide bonds. The van der Waals surface area contributed by atoms with Gasteiger partial charge in [-0.15, -0.1) is 0 Å². The van der Waals surface area contributed by atoms with Gasteiger partial charge in [0.2, 0.25) is 0 Å². The van der Waals surface area contributed by atoms with Gasteiger partial charge in [0.15, 0.2) is 0 Å². The number of nitrogens with two attached hydrogens (primary N) is 1. The number of rotatable bonds is 3. The zero-order chi connectivity index (χ0) is 15.6. The summed E-state index contributed by atoms with van der Waals surface area (Å²) in [5.74, 6) is 5.29. The Morgan fingerprint density at radius 2 is 1.85 bits per heavy atom. The van der Waals surface area contributed by atoms with Gasteiger partial charge in [0, 0.05) is 4.47 Å². The van der Waals surface area contributed by atoms with Crippen molar-refractivity contribution >= 4 is 27.7 Å². The van der Waals surface area contributed by atoms with Gasteiger partial charge < -0.3 is 4.74 Å². The second kappa shape index (κ2) is 6.11. The summed E-state index contributed by atoms with van der Waals surface area (Å²) in [4.78, 5) is 16.7. The fourth-order valence-electron chi connectivity index (χ4n) is 1.48. The molecule has 0 aliphatic carbocycles. The molecule has 6 heteroatoms. The Bertz CT molecular complexity index is 496.